The molecule has 0 aliphatic rings. The molecular weight excluding hydrogens is 348 g/mol. The lowest BCUT2D eigenvalue weighted by atomic mass is 10.2. The van der Waals surface area contributed by atoms with Crippen LogP contribution in [-0.2, 0) is 4.79 Å². The van der Waals surface area contributed by atoms with Gasteiger partial charge in [0.15, 0.2) is 6.61 Å². The number of aryl methyl sites for hydroxylation is 1. The first kappa shape index (κ1) is 16.0. The van der Waals surface area contributed by atoms with E-state index < -0.39 is 0 Å². The van der Waals surface area contributed by atoms with Gasteiger partial charge in [0.05, 0.1) is 10.7 Å². The van der Waals surface area contributed by atoms with Crippen LogP contribution in [-0.4, -0.2) is 23.8 Å². The number of phenols is 1. The number of phenolic OH excluding ortho intramolecular Hbond substituents is 1. The highest BCUT2D eigenvalue weighted by atomic mass is 79.9. The normalized spacial score (nSPS) is 10.6. The molecule has 0 aromatic heterocycles. The van der Waals surface area contributed by atoms with Crippen molar-refractivity contribution >= 4 is 28.1 Å². The summed E-state index contributed by atoms with van der Waals surface area (Å²) in [6.45, 7) is 1.83. The van der Waals surface area contributed by atoms with Gasteiger partial charge in [-0.15, -0.1) is 0 Å². The average Bonchev–Trinajstić information content (AvgIpc) is 2.46. The molecule has 2 rings (SSSR count). The van der Waals surface area contributed by atoms with Crippen molar-refractivity contribution in [3.63, 3.8) is 0 Å². The fourth-order valence-electron chi connectivity index (χ4n) is 1.68. The summed E-state index contributed by atoms with van der Waals surface area (Å²) in [4.78, 5) is 11.6. The number of hydrogen-bond acceptors (Lipinski definition) is 4. The van der Waals surface area contributed by atoms with E-state index in [1.54, 1.807) is 24.3 Å². The molecule has 0 spiro atoms. The van der Waals surface area contributed by atoms with Crippen LogP contribution < -0.4 is 10.2 Å². The number of halogens is 1. The Balaban J connectivity index is 1.83. The summed E-state index contributed by atoms with van der Waals surface area (Å²) in [5, 5.41) is 13.1. The molecule has 5 nitrogen and oxygen atoms in total. The van der Waals surface area contributed by atoms with Crippen LogP contribution in [0.15, 0.2) is 52.0 Å². The number of carbonyl (C=O) groups is 1. The number of nitrogens with zero attached hydrogens (tertiary/aromatic N) is 1. The second-order valence-corrected chi connectivity index (χ2v) is 5.47. The van der Waals surface area contributed by atoms with Crippen molar-refractivity contribution in [1.82, 2.24) is 5.43 Å². The van der Waals surface area contributed by atoms with Gasteiger partial charge < -0.3 is 9.84 Å². The maximum atomic E-state index is 11.6. The Morgan fingerprint density at radius 1 is 1.36 bits per heavy atom. The van der Waals surface area contributed by atoms with Crippen LogP contribution in [0.1, 0.15) is 11.1 Å². The molecule has 0 bridgehead atoms. The molecule has 2 aromatic carbocycles. The molecule has 0 saturated carbocycles. The van der Waals surface area contributed by atoms with Gasteiger partial charge >= 0.3 is 0 Å². The molecule has 2 aromatic rings. The molecule has 0 fully saturated rings. The molecule has 0 heterocycles. The number of amides is 1. The van der Waals surface area contributed by atoms with Crippen LogP contribution in [0.25, 0.3) is 0 Å². The first-order chi connectivity index (χ1) is 10.5. The van der Waals surface area contributed by atoms with Gasteiger partial charge in [-0.1, -0.05) is 18.2 Å². The number of benzene rings is 2. The largest absolute Gasteiger partial charge is 0.508 e. The Morgan fingerprint density at radius 2 is 2.18 bits per heavy atom. The standard InChI is InChI=1S/C16H15BrN2O3/c1-11-5-6-15(14(17)7-11)22-10-16(21)19-18-9-12-3-2-4-13(20)8-12/h2-9,20H,10H2,1H3,(H,19,21)/b18-9+. The van der Waals surface area contributed by atoms with Crippen molar-refractivity contribution in [3.8, 4) is 11.5 Å². The average molecular weight is 363 g/mol. The van der Waals surface area contributed by atoms with E-state index in [0.29, 0.717) is 11.3 Å². The molecule has 1 amide bonds. The van der Waals surface area contributed by atoms with Crippen molar-refractivity contribution in [1.29, 1.82) is 0 Å². The molecule has 0 saturated heterocycles. The maximum absolute atomic E-state index is 11.6. The first-order valence-corrected chi connectivity index (χ1v) is 7.34. The van der Waals surface area contributed by atoms with E-state index in [2.05, 4.69) is 26.5 Å². The smallest absolute Gasteiger partial charge is 0.277 e. The summed E-state index contributed by atoms with van der Waals surface area (Å²) in [6, 6.07) is 12.2. The topological polar surface area (TPSA) is 70.9 Å². The minimum absolute atomic E-state index is 0.140. The van der Waals surface area contributed by atoms with Gasteiger partial charge in [-0.3, -0.25) is 4.79 Å². The minimum Gasteiger partial charge on any atom is -0.508 e. The predicted octanol–water partition coefficient (Wildman–Crippen LogP) is 2.99. The highest BCUT2D eigenvalue weighted by Crippen LogP contribution is 2.25. The van der Waals surface area contributed by atoms with Crippen molar-refractivity contribution in [3.05, 3.63) is 58.1 Å². The van der Waals surface area contributed by atoms with Crippen LogP contribution in [0.5, 0.6) is 11.5 Å². The highest BCUT2D eigenvalue weighted by molar-refractivity contribution is 9.10. The molecule has 0 aliphatic carbocycles. The third-order valence-electron chi connectivity index (χ3n) is 2.72. The predicted molar refractivity (Wildman–Crippen MR) is 88.2 cm³/mol. The molecule has 0 unspecified atom stereocenters. The number of hydrogen-bond donors (Lipinski definition) is 2. The number of rotatable bonds is 5. The molecule has 0 aliphatic heterocycles. The quantitative estimate of drug-likeness (QED) is 0.634. The fraction of sp³-hybridized carbons (Fsp3) is 0.125. The number of hydrazone groups is 1. The van der Waals surface area contributed by atoms with Crippen LogP contribution in [0.3, 0.4) is 0 Å². The van der Waals surface area contributed by atoms with E-state index in [9.17, 15) is 9.90 Å². The number of ether oxygens (including phenoxy) is 1. The van der Waals surface area contributed by atoms with Gasteiger partial charge in [0.2, 0.25) is 0 Å². The monoisotopic (exact) mass is 362 g/mol. The van der Waals surface area contributed by atoms with Gasteiger partial charge in [0.25, 0.3) is 5.91 Å². The Bertz CT molecular complexity index is 702. The second-order valence-electron chi connectivity index (χ2n) is 4.61. The van der Waals surface area contributed by atoms with Crippen molar-refractivity contribution in [2.45, 2.75) is 6.92 Å². The zero-order valence-corrected chi connectivity index (χ0v) is 13.5. The Kier molecular flexibility index (Phi) is 5.55. The minimum atomic E-state index is -0.371. The molecule has 6 heteroatoms. The second kappa shape index (κ2) is 7.61. The molecular formula is C16H15BrN2O3. The number of aromatic hydroxyl groups is 1. The zero-order valence-electron chi connectivity index (χ0n) is 11.9. The van der Waals surface area contributed by atoms with E-state index in [1.807, 2.05) is 19.1 Å². The lowest BCUT2D eigenvalue weighted by Gasteiger charge is -2.07. The Morgan fingerprint density at radius 3 is 2.91 bits per heavy atom. The summed E-state index contributed by atoms with van der Waals surface area (Å²) in [5.74, 6) is 0.365. The van der Waals surface area contributed by atoms with E-state index >= 15 is 0 Å². The Labute approximate surface area is 136 Å². The SMILES string of the molecule is Cc1ccc(OCC(=O)N/N=C/c2cccc(O)c2)c(Br)c1. The van der Waals surface area contributed by atoms with Crippen LogP contribution in [0.4, 0.5) is 0 Å². The summed E-state index contributed by atoms with van der Waals surface area (Å²) in [7, 11) is 0. The summed E-state index contributed by atoms with van der Waals surface area (Å²) in [5.41, 5.74) is 4.14. The van der Waals surface area contributed by atoms with Gasteiger partial charge in [-0.2, -0.15) is 5.10 Å². The van der Waals surface area contributed by atoms with E-state index in [4.69, 9.17) is 4.74 Å². The van der Waals surface area contributed by atoms with Crippen molar-refractivity contribution < 1.29 is 14.6 Å². The third kappa shape index (κ3) is 4.89. The number of carbonyl (C=O) groups excluding carboxylic acids is 1. The summed E-state index contributed by atoms with van der Waals surface area (Å²) >= 11 is 3.38. The number of nitrogens with one attached hydrogen (secondary N) is 1. The van der Waals surface area contributed by atoms with E-state index in [1.165, 1.54) is 12.3 Å². The Hall–Kier alpha value is -2.34. The zero-order chi connectivity index (χ0) is 15.9. The first-order valence-electron chi connectivity index (χ1n) is 6.54. The molecule has 2 N–H and O–H groups in total. The van der Waals surface area contributed by atoms with Crippen LogP contribution in [0.2, 0.25) is 0 Å². The van der Waals surface area contributed by atoms with Gasteiger partial charge in [0, 0.05) is 0 Å². The van der Waals surface area contributed by atoms with E-state index in [0.717, 1.165) is 10.0 Å². The van der Waals surface area contributed by atoms with Crippen LogP contribution in [0, 0.1) is 6.92 Å². The van der Waals surface area contributed by atoms with Gasteiger partial charge in [-0.25, -0.2) is 5.43 Å². The maximum Gasteiger partial charge on any atom is 0.277 e. The van der Waals surface area contributed by atoms with E-state index in [-0.39, 0.29) is 18.3 Å². The molecule has 22 heavy (non-hydrogen) atoms. The highest BCUT2D eigenvalue weighted by Gasteiger charge is 2.05. The van der Waals surface area contributed by atoms with Crippen molar-refractivity contribution in [2.75, 3.05) is 6.61 Å². The van der Waals surface area contributed by atoms with Crippen molar-refractivity contribution in [2.24, 2.45) is 5.10 Å². The van der Waals surface area contributed by atoms with Gasteiger partial charge in [0.1, 0.15) is 11.5 Å². The van der Waals surface area contributed by atoms with Gasteiger partial charge in [-0.05, 0) is 58.2 Å². The summed E-state index contributed by atoms with van der Waals surface area (Å²) < 4.78 is 6.20. The lowest BCUT2D eigenvalue weighted by Crippen LogP contribution is -2.24. The third-order valence-corrected chi connectivity index (χ3v) is 3.34. The fourth-order valence-corrected chi connectivity index (χ4v) is 2.29. The molecule has 114 valence electrons. The lowest BCUT2D eigenvalue weighted by molar-refractivity contribution is -0.123. The molecule has 0 radical (unpaired) electrons. The van der Waals surface area contributed by atoms with Crippen LogP contribution >= 0.6 is 15.9 Å². The summed E-state index contributed by atoms with van der Waals surface area (Å²) in [6.07, 6.45) is 1.44. The molecule has 0 atom stereocenters.